The molecule has 0 aromatic carbocycles. The van der Waals surface area contributed by atoms with Crippen molar-refractivity contribution in [2.45, 2.75) is 27.2 Å². The molecule has 2 N–H and O–H groups in total. The summed E-state index contributed by atoms with van der Waals surface area (Å²) in [6, 6.07) is 4.03. The Hall–Kier alpha value is -2.08. The second kappa shape index (κ2) is 7.26. The van der Waals surface area contributed by atoms with Crippen molar-refractivity contribution in [3.05, 3.63) is 44.9 Å². The lowest BCUT2D eigenvalue weighted by molar-refractivity contribution is 0.0525. The van der Waals surface area contributed by atoms with Crippen LogP contribution in [0.1, 0.15) is 43.9 Å². The number of nitrogens with one attached hydrogen (secondary N) is 2. The number of rotatable bonds is 6. The molecule has 0 saturated carbocycles. The van der Waals surface area contributed by atoms with E-state index in [2.05, 4.69) is 10.3 Å². The summed E-state index contributed by atoms with van der Waals surface area (Å²) in [6.45, 7) is 6.15. The summed E-state index contributed by atoms with van der Waals surface area (Å²) in [5.74, 6) is -0.598. The molecular weight excluding hydrogens is 300 g/mol. The number of hydrogen-bond donors (Lipinski definition) is 2. The summed E-state index contributed by atoms with van der Waals surface area (Å²) in [6.07, 6.45) is 0.798. The number of amides is 1. The van der Waals surface area contributed by atoms with E-state index in [-0.39, 0.29) is 5.91 Å². The highest BCUT2D eigenvalue weighted by molar-refractivity contribution is 7.09. The molecule has 2 heterocycles. The Balaban J connectivity index is 2.03. The van der Waals surface area contributed by atoms with Crippen LogP contribution in [0.5, 0.6) is 0 Å². The molecule has 118 valence electrons. The zero-order chi connectivity index (χ0) is 16.1. The van der Waals surface area contributed by atoms with Gasteiger partial charge in [0.25, 0.3) is 5.91 Å². The Bertz CT molecular complexity index is 659. The van der Waals surface area contributed by atoms with E-state index < -0.39 is 5.97 Å². The molecule has 6 heteroatoms. The summed E-state index contributed by atoms with van der Waals surface area (Å²) in [4.78, 5) is 28.4. The van der Waals surface area contributed by atoms with Crippen LogP contribution in [-0.4, -0.2) is 30.0 Å². The first-order chi connectivity index (χ1) is 10.5. The van der Waals surface area contributed by atoms with Crippen molar-refractivity contribution in [1.29, 1.82) is 0 Å². The van der Waals surface area contributed by atoms with Crippen LogP contribution < -0.4 is 5.32 Å². The molecule has 0 spiro atoms. The average molecular weight is 320 g/mol. The molecular formula is C16H20N2O3S. The van der Waals surface area contributed by atoms with E-state index in [1.54, 1.807) is 32.1 Å². The van der Waals surface area contributed by atoms with Gasteiger partial charge >= 0.3 is 5.97 Å². The first-order valence-corrected chi connectivity index (χ1v) is 8.09. The third-order valence-electron chi connectivity index (χ3n) is 3.38. The Morgan fingerprint density at radius 1 is 1.36 bits per heavy atom. The van der Waals surface area contributed by atoms with Gasteiger partial charge in [-0.3, -0.25) is 4.79 Å². The molecule has 22 heavy (non-hydrogen) atoms. The molecule has 0 atom stereocenters. The van der Waals surface area contributed by atoms with Crippen LogP contribution in [0.25, 0.3) is 0 Å². The predicted octanol–water partition coefficient (Wildman–Crippen LogP) is 2.84. The lowest BCUT2D eigenvalue weighted by atomic mass is 10.1. The second-order valence-corrected chi connectivity index (χ2v) is 5.96. The van der Waals surface area contributed by atoms with Crippen LogP contribution in [0.3, 0.4) is 0 Å². The third-order valence-corrected chi connectivity index (χ3v) is 4.32. The SMILES string of the molecule is CCOC(=O)c1c(C)[nH]c(C(=O)NCCc2cccs2)c1C. The molecule has 0 fully saturated rings. The minimum Gasteiger partial charge on any atom is -0.462 e. The molecule has 0 unspecified atom stereocenters. The van der Waals surface area contributed by atoms with Gasteiger partial charge in [-0.2, -0.15) is 0 Å². The Labute approximate surface area is 133 Å². The second-order valence-electron chi connectivity index (χ2n) is 4.93. The van der Waals surface area contributed by atoms with Crippen molar-refractivity contribution in [2.24, 2.45) is 0 Å². The first-order valence-electron chi connectivity index (χ1n) is 7.21. The number of aryl methyl sites for hydroxylation is 1. The molecule has 2 rings (SSSR count). The van der Waals surface area contributed by atoms with Gasteiger partial charge in [-0.1, -0.05) is 6.07 Å². The lowest BCUT2D eigenvalue weighted by Gasteiger charge is -2.04. The Morgan fingerprint density at radius 3 is 2.77 bits per heavy atom. The fourth-order valence-electron chi connectivity index (χ4n) is 2.33. The number of H-pyrrole nitrogens is 1. The van der Waals surface area contributed by atoms with Gasteiger partial charge in [0, 0.05) is 17.1 Å². The summed E-state index contributed by atoms with van der Waals surface area (Å²) >= 11 is 1.67. The fourth-order valence-corrected chi connectivity index (χ4v) is 3.04. The van der Waals surface area contributed by atoms with E-state index in [9.17, 15) is 9.59 Å². The smallest absolute Gasteiger partial charge is 0.340 e. The zero-order valence-corrected chi connectivity index (χ0v) is 13.8. The number of esters is 1. The molecule has 2 aromatic heterocycles. The van der Waals surface area contributed by atoms with Crippen LogP contribution in [0, 0.1) is 13.8 Å². The van der Waals surface area contributed by atoms with Crippen molar-refractivity contribution in [3.8, 4) is 0 Å². The molecule has 0 aliphatic carbocycles. The summed E-state index contributed by atoms with van der Waals surface area (Å²) in [7, 11) is 0. The van der Waals surface area contributed by atoms with Crippen molar-refractivity contribution in [1.82, 2.24) is 10.3 Å². The standard InChI is InChI=1S/C16H20N2O3S/c1-4-21-16(20)13-10(2)14(18-11(13)3)15(19)17-8-7-12-6-5-9-22-12/h5-6,9,18H,4,7-8H2,1-3H3,(H,17,19). The highest BCUT2D eigenvalue weighted by Gasteiger charge is 2.22. The van der Waals surface area contributed by atoms with Gasteiger partial charge in [0.2, 0.25) is 0 Å². The van der Waals surface area contributed by atoms with Crippen molar-refractivity contribution < 1.29 is 14.3 Å². The maximum absolute atomic E-state index is 12.2. The van der Waals surface area contributed by atoms with E-state index in [0.717, 1.165) is 6.42 Å². The van der Waals surface area contributed by atoms with Crippen LogP contribution in [0.2, 0.25) is 0 Å². The number of hydrogen-bond acceptors (Lipinski definition) is 4. The van der Waals surface area contributed by atoms with E-state index >= 15 is 0 Å². The predicted molar refractivity (Wildman–Crippen MR) is 86.6 cm³/mol. The summed E-state index contributed by atoms with van der Waals surface area (Å²) < 4.78 is 5.02. The molecule has 5 nitrogen and oxygen atoms in total. The molecule has 0 bridgehead atoms. The average Bonchev–Trinajstić information content (AvgIpc) is 3.07. The van der Waals surface area contributed by atoms with E-state index in [1.807, 2.05) is 17.5 Å². The van der Waals surface area contributed by atoms with Crippen LogP contribution in [0.4, 0.5) is 0 Å². The minimum atomic E-state index is -0.397. The van der Waals surface area contributed by atoms with Crippen molar-refractivity contribution >= 4 is 23.2 Å². The molecule has 0 aliphatic heterocycles. The van der Waals surface area contributed by atoms with E-state index in [1.165, 1.54) is 4.88 Å². The summed E-state index contributed by atoms with van der Waals surface area (Å²) in [5.41, 5.74) is 2.15. The number of thiophene rings is 1. The monoisotopic (exact) mass is 320 g/mol. The maximum Gasteiger partial charge on any atom is 0.340 e. The molecule has 2 aromatic rings. The first kappa shape index (κ1) is 16.3. The lowest BCUT2D eigenvalue weighted by Crippen LogP contribution is -2.26. The topological polar surface area (TPSA) is 71.2 Å². The fraction of sp³-hybridized carbons (Fsp3) is 0.375. The van der Waals surface area contributed by atoms with Gasteiger partial charge < -0.3 is 15.0 Å². The number of aromatic nitrogens is 1. The van der Waals surface area contributed by atoms with Gasteiger partial charge in [0.05, 0.1) is 12.2 Å². The third kappa shape index (κ3) is 3.57. The molecule has 0 radical (unpaired) electrons. The number of aromatic amines is 1. The van der Waals surface area contributed by atoms with Crippen LogP contribution in [0.15, 0.2) is 17.5 Å². The minimum absolute atomic E-state index is 0.201. The number of carbonyl (C=O) groups is 2. The Kier molecular flexibility index (Phi) is 5.38. The van der Waals surface area contributed by atoms with Crippen molar-refractivity contribution in [3.63, 3.8) is 0 Å². The normalized spacial score (nSPS) is 10.5. The summed E-state index contributed by atoms with van der Waals surface area (Å²) in [5, 5.41) is 4.89. The van der Waals surface area contributed by atoms with Gasteiger partial charge in [-0.15, -0.1) is 11.3 Å². The highest BCUT2D eigenvalue weighted by Crippen LogP contribution is 2.19. The van der Waals surface area contributed by atoms with Gasteiger partial charge in [0.15, 0.2) is 0 Å². The quantitative estimate of drug-likeness (QED) is 0.804. The van der Waals surface area contributed by atoms with Gasteiger partial charge in [-0.05, 0) is 44.2 Å². The maximum atomic E-state index is 12.2. The van der Waals surface area contributed by atoms with E-state index in [4.69, 9.17) is 4.74 Å². The number of ether oxygens (including phenoxy) is 1. The zero-order valence-electron chi connectivity index (χ0n) is 13.0. The van der Waals surface area contributed by atoms with Crippen LogP contribution >= 0.6 is 11.3 Å². The van der Waals surface area contributed by atoms with Crippen LogP contribution in [-0.2, 0) is 11.2 Å². The highest BCUT2D eigenvalue weighted by atomic mass is 32.1. The van der Waals surface area contributed by atoms with Gasteiger partial charge in [0.1, 0.15) is 5.69 Å². The number of carbonyl (C=O) groups excluding carboxylic acids is 2. The van der Waals surface area contributed by atoms with Gasteiger partial charge in [-0.25, -0.2) is 4.79 Å². The molecule has 0 saturated heterocycles. The molecule has 0 aliphatic rings. The Morgan fingerprint density at radius 2 is 2.14 bits per heavy atom. The van der Waals surface area contributed by atoms with E-state index in [0.29, 0.717) is 35.7 Å². The molecule has 1 amide bonds. The largest absolute Gasteiger partial charge is 0.462 e. The van der Waals surface area contributed by atoms with Crippen molar-refractivity contribution in [2.75, 3.05) is 13.2 Å².